The SMILES string of the molecule is CCNc1ncc(S(=O)(=O)N(C)CC)cn1. The molecule has 1 N–H and O–H groups in total. The zero-order valence-electron chi connectivity index (χ0n) is 9.64. The Morgan fingerprint density at radius 1 is 1.31 bits per heavy atom. The highest BCUT2D eigenvalue weighted by molar-refractivity contribution is 7.89. The third kappa shape index (κ3) is 2.67. The summed E-state index contributed by atoms with van der Waals surface area (Å²) in [5.41, 5.74) is 0. The van der Waals surface area contributed by atoms with Gasteiger partial charge in [-0.3, -0.25) is 0 Å². The fourth-order valence-corrected chi connectivity index (χ4v) is 2.12. The van der Waals surface area contributed by atoms with Crippen molar-refractivity contribution in [2.24, 2.45) is 0 Å². The molecule has 0 saturated carbocycles. The smallest absolute Gasteiger partial charge is 0.245 e. The summed E-state index contributed by atoms with van der Waals surface area (Å²) in [4.78, 5) is 7.96. The van der Waals surface area contributed by atoms with E-state index in [0.29, 0.717) is 19.0 Å². The molecule has 0 fully saturated rings. The minimum Gasteiger partial charge on any atom is -0.355 e. The summed E-state index contributed by atoms with van der Waals surface area (Å²) >= 11 is 0. The van der Waals surface area contributed by atoms with Crippen LogP contribution in [0.1, 0.15) is 13.8 Å². The number of aromatic nitrogens is 2. The van der Waals surface area contributed by atoms with Crippen molar-refractivity contribution < 1.29 is 8.42 Å². The Morgan fingerprint density at radius 2 is 1.88 bits per heavy atom. The van der Waals surface area contributed by atoms with Crippen molar-refractivity contribution >= 4 is 16.0 Å². The van der Waals surface area contributed by atoms with E-state index in [1.54, 1.807) is 6.92 Å². The quantitative estimate of drug-likeness (QED) is 0.818. The molecule has 0 saturated heterocycles. The summed E-state index contributed by atoms with van der Waals surface area (Å²) < 4.78 is 25.0. The third-order valence-electron chi connectivity index (χ3n) is 2.12. The van der Waals surface area contributed by atoms with Gasteiger partial charge in [0.25, 0.3) is 0 Å². The molecule has 0 unspecified atom stereocenters. The van der Waals surface area contributed by atoms with Crippen LogP contribution in [0.2, 0.25) is 0 Å². The third-order valence-corrected chi connectivity index (χ3v) is 4.00. The molecule has 0 bridgehead atoms. The van der Waals surface area contributed by atoms with Gasteiger partial charge in [0.15, 0.2) is 0 Å². The number of nitrogens with zero attached hydrogens (tertiary/aromatic N) is 3. The van der Waals surface area contributed by atoms with Gasteiger partial charge in [-0.15, -0.1) is 0 Å². The molecule has 1 heterocycles. The minimum atomic E-state index is -3.44. The number of rotatable bonds is 5. The van der Waals surface area contributed by atoms with Gasteiger partial charge in [-0.2, -0.15) is 0 Å². The lowest BCUT2D eigenvalue weighted by atomic mass is 10.6. The standard InChI is InChI=1S/C9H16N4O2S/c1-4-10-9-11-6-8(7-12-9)16(14,15)13(3)5-2/h6-7H,4-5H2,1-3H3,(H,10,11,12). The molecule has 1 aromatic heterocycles. The lowest BCUT2D eigenvalue weighted by molar-refractivity contribution is 0.485. The molecular formula is C9H16N4O2S. The average Bonchev–Trinajstić information content (AvgIpc) is 2.29. The Labute approximate surface area is 95.8 Å². The second kappa shape index (κ2) is 5.22. The zero-order chi connectivity index (χ0) is 12.2. The van der Waals surface area contributed by atoms with Crippen LogP contribution in [-0.4, -0.2) is 42.8 Å². The summed E-state index contributed by atoms with van der Waals surface area (Å²) in [6, 6.07) is 0. The number of hydrogen-bond donors (Lipinski definition) is 1. The first-order chi connectivity index (χ1) is 7.52. The molecule has 0 atom stereocenters. The predicted octanol–water partition coefficient (Wildman–Crippen LogP) is 0.549. The van der Waals surface area contributed by atoms with Gasteiger partial charge < -0.3 is 5.32 Å². The van der Waals surface area contributed by atoms with Gasteiger partial charge in [-0.25, -0.2) is 22.7 Å². The summed E-state index contributed by atoms with van der Waals surface area (Å²) in [5, 5.41) is 2.90. The molecule has 0 aliphatic rings. The van der Waals surface area contributed by atoms with E-state index in [4.69, 9.17) is 0 Å². The summed E-state index contributed by atoms with van der Waals surface area (Å²) in [6.45, 7) is 4.79. The minimum absolute atomic E-state index is 0.110. The van der Waals surface area contributed by atoms with Gasteiger partial charge in [-0.1, -0.05) is 6.92 Å². The molecule has 0 amide bonds. The Bertz CT molecular complexity index is 429. The van der Waals surface area contributed by atoms with E-state index < -0.39 is 10.0 Å². The maximum atomic E-state index is 11.9. The van der Waals surface area contributed by atoms with Crippen molar-refractivity contribution in [3.8, 4) is 0 Å². The molecule has 0 radical (unpaired) electrons. The summed E-state index contributed by atoms with van der Waals surface area (Å²) in [6.07, 6.45) is 2.62. The molecule has 0 spiro atoms. The predicted molar refractivity (Wildman–Crippen MR) is 61.7 cm³/mol. The van der Waals surface area contributed by atoms with Gasteiger partial charge in [0, 0.05) is 20.1 Å². The van der Waals surface area contributed by atoms with Crippen LogP contribution >= 0.6 is 0 Å². The van der Waals surface area contributed by atoms with E-state index in [1.165, 1.54) is 23.7 Å². The van der Waals surface area contributed by atoms with Crippen molar-refractivity contribution in [3.63, 3.8) is 0 Å². The number of nitrogens with one attached hydrogen (secondary N) is 1. The summed E-state index contributed by atoms with van der Waals surface area (Å²) in [5.74, 6) is 0.431. The van der Waals surface area contributed by atoms with E-state index in [2.05, 4.69) is 15.3 Å². The van der Waals surface area contributed by atoms with Crippen molar-refractivity contribution in [1.29, 1.82) is 0 Å². The number of hydrogen-bond acceptors (Lipinski definition) is 5. The Hall–Kier alpha value is -1.21. The lowest BCUT2D eigenvalue weighted by Crippen LogP contribution is -2.26. The van der Waals surface area contributed by atoms with Crippen molar-refractivity contribution in [1.82, 2.24) is 14.3 Å². The molecule has 90 valence electrons. The average molecular weight is 244 g/mol. The first-order valence-electron chi connectivity index (χ1n) is 5.04. The van der Waals surface area contributed by atoms with Crippen molar-refractivity contribution in [2.75, 3.05) is 25.5 Å². The van der Waals surface area contributed by atoms with Gasteiger partial charge in [-0.05, 0) is 6.92 Å². The van der Waals surface area contributed by atoms with Crippen LogP contribution in [-0.2, 0) is 10.0 Å². The normalized spacial score (nSPS) is 11.8. The molecule has 1 aromatic rings. The first-order valence-corrected chi connectivity index (χ1v) is 6.48. The maximum absolute atomic E-state index is 11.9. The molecule has 16 heavy (non-hydrogen) atoms. The molecule has 0 aliphatic heterocycles. The molecular weight excluding hydrogens is 228 g/mol. The molecule has 0 aromatic carbocycles. The second-order valence-electron chi connectivity index (χ2n) is 3.19. The van der Waals surface area contributed by atoms with Gasteiger partial charge in [0.05, 0.1) is 12.4 Å². The van der Waals surface area contributed by atoms with E-state index in [1.807, 2.05) is 6.92 Å². The number of sulfonamides is 1. The van der Waals surface area contributed by atoms with Crippen LogP contribution in [0.5, 0.6) is 0 Å². The van der Waals surface area contributed by atoms with E-state index in [0.717, 1.165) is 0 Å². The van der Waals surface area contributed by atoms with Crippen LogP contribution in [0.3, 0.4) is 0 Å². The number of anilines is 1. The zero-order valence-corrected chi connectivity index (χ0v) is 10.5. The molecule has 0 aliphatic carbocycles. The van der Waals surface area contributed by atoms with E-state index in [-0.39, 0.29) is 4.90 Å². The second-order valence-corrected chi connectivity index (χ2v) is 5.24. The Morgan fingerprint density at radius 3 is 2.31 bits per heavy atom. The van der Waals surface area contributed by atoms with Gasteiger partial charge in [0.1, 0.15) is 4.90 Å². The highest BCUT2D eigenvalue weighted by Crippen LogP contribution is 2.12. The first kappa shape index (κ1) is 12.9. The topological polar surface area (TPSA) is 75.2 Å². The highest BCUT2D eigenvalue weighted by atomic mass is 32.2. The maximum Gasteiger partial charge on any atom is 0.245 e. The van der Waals surface area contributed by atoms with Crippen LogP contribution in [0.4, 0.5) is 5.95 Å². The summed E-state index contributed by atoms with van der Waals surface area (Å²) in [7, 11) is -1.92. The molecule has 1 rings (SSSR count). The van der Waals surface area contributed by atoms with Crippen LogP contribution in [0, 0.1) is 0 Å². The lowest BCUT2D eigenvalue weighted by Gasteiger charge is -2.14. The fourth-order valence-electron chi connectivity index (χ4n) is 1.05. The largest absolute Gasteiger partial charge is 0.355 e. The fraction of sp³-hybridized carbons (Fsp3) is 0.556. The monoisotopic (exact) mass is 244 g/mol. The van der Waals surface area contributed by atoms with Crippen LogP contribution in [0.25, 0.3) is 0 Å². The highest BCUT2D eigenvalue weighted by Gasteiger charge is 2.19. The molecule has 6 nitrogen and oxygen atoms in total. The van der Waals surface area contributed by atoms with E-state index >= 15 is 0 Å². The van der Waals surface area contributed by atoms with Gasteiger partial charge in [0.2, 0.25) is 16.0 Å². The Balaban J connectivity index is 2.97. The van der Waals surface area contributed by atoms with Gasteiger partial charge >= 0.3 is 0 Å². The van der Waals surface area contributed by atoms with Crippen molar-refractivity contribution in [2.45, 2.75) is 18.7 Å². The van der Waals surface area contributed by atoms with E-state index in [9.17, 15) is 8.42 Å². The van der Waals surface area contributed by atoms with Crippen LogP contribution in [0.15, 0.2) is 17.3 Å². The Kier molecular flexibility index (Phi) is 4.19. The molecule has 7 heteroatoms. The van der Waals surface area contributed by atoms with Crippen molar-refractivity contribution in [3.05, 3.63) is 12.4 Å². The van der Waals surface area contributed by atoms with Crippen LogP contribution < -0.4 is 5.32 Å².